The molecule has 8 nitrogen and oxygen atoms in total. The summed E-state index contributed by atoms with van der Waals surface area (Å²) in [5, 5.41) is 0. The van der Waals surface area contributed by atoms with Crippen molar-refractivity contribution in [2.75, 3.05) is 11.7 Å². The van der Waals surface area contributed by atoms with Crippen LogP contribution in [0.2, 0.25) is 0 Å². The van der Waals surface area contributed by atoms with Crippen molar-refractivity contribution in [3.05, 3.63) is 112 Å². The van der Waals surface area contributed by atoms with Gasteiger partial charge in [0.1, 0.15) is 6.04 Å². The number of hydrogen-bond donors (Lipinski definition) is 0. The summed E-state index contributed by atoms with van der Waals surface area (Å²) in [5.74, 6) is -2.17. The molecule has 3 aromatic carbocycles. The zero-order chi connectivity index (χ0) is 27.5. The largest absolute Gasteiger partial charge is 0.454 e. The summed E-state index contributed by atoms with van der Waals surface area (Å²) in [7, 11) is 0. The lowest BCUT2D eigenvalue weighted by molar-refractivity contribution is -0.123. The van der Waals surface area contributed by atoms with Gasteiger partial charge in [-0.1, -0.05) is 64.5 Å². The highest BCUT2D eigenvalue weighted by atomic mass is 79.9. The van der Waals surface area contributed by atoms with Gasteiger partial charge in [-0.05, 0) is 30.3 Å². The van der Waals surface area contributed by atoms with E-state index in [1.54, 1.807) is 90.0 Å². The van der Waals surface area contributed by atoms with Gasteiger partial charge in [-0.3, -0.25) is 19.2 Å². The number of amides is 2. The van der Waals surface area contributed by atoms with E-state index in [0.717, 1.165) is 9.37 Å². The number of halogens is 1. The van der Waals surface area contributed by atoms with Gasteiger partial charge in [0.15, 0.2) is 23.1 Å². The molecule has 3 aromatic rings. The standard InChI is InChI=1S/C31H21BrN2O6/c32-20-8-6-18(7-9-20)29(36)27-26-25(22-14-19(12-13-33(22)27)28(35)17-4-2-1-3-5-17)30(37)34(31(26)38)21-10-11-23-24(15-21)40-16-39-23/h1-15,22,25-27H,16H2/t22-,25+,26-,27-/m1/s1. The number of ketones is 2. The first-order chi connectivity index (χ1) is 19.4. The molecular weight excluding hydrogens is 576 g/mol. The quantitative estimate of drug-likeness (QED) is 0.315. The molecule has 4 atom stereocenters. The Balaban J connectivity index is 1.30. The molecule has 4 aliphatic rings. The third-order valence-electron chi connectivity index (χ3n) is 7.86. The van der Waals surface area contributed by atoms with Gasteiger partial charge >= 0.3 is 0 Å². The lowest BCUT2D eigenvalue weighted by Gasteiger charge is -2.32. The molecular formula is C31H21BrN2O6. The number of carbonyl (C=O) groups excluding carboxylic acids is 4. The molecule has 0 N–H and O–H groups in total. The number of imide groups is 1. The molecule has 4 aliphatic heterocycles. The van der Waals surface area contributed by atoms with Crippen LogP contribution in [-0.4, -0.2) is 47.2 Å². The topological polar surface area (TPSA) is 93.2 Å². The molecule has 0 saturated carbocycles. The van der Waals surface area contributed by atoms with Gasteiger partial charge in [0.25, 0.3) is 0 Å². The van der Waals surface area contributed by atoms with E-state index in [1.165, 1.54) is 0 Å². The number of allylic oxidation sites excluding steroid dienone is 2. The number of carbonyl (C=O) groups is 4. The molecule has 0 aliphatic carbocycles. The van der Waals surface area contributed by atoms with E-state index >= 15 is 0 Å². The van der Waals surface area contributed by atoms with Crippen molar-refractivity contribution in [3.8, 4) is 11.5 Å². The Labute approximate surface area is 237 Å². The predicted molar refractivity (Wildman–Crippen MR) is 148 cm³/mol. The first-order valence-corrected chi connectivity index (χ1v) is 13.6. The minimum Gasteiger partial charge on any atom is -0.454 e. The zero-order valence-electron chi connectivity index (χ0n) is 20.9. The van der Waals surface area contributed by atoms with E-state index in [4.69, 9.17) is 9.47 Å². The van der Waals surface area contributed by atoms with Crippen molar-refractivity contribution in [2.24, 2.45) is 11.8 Å². The summed E-state index contributed by atoms with van der Waals surface area (Å²) >= 11 is 3.39. The third kappa shape index (κ3) is 3.72. The van der Waals surface area contributed by atoms with E-state index < -0.39 is 35.7 Å². The van der Waals surface area contributed by atoms with E-state index in [-0.39, 0.29) is 18.4 Å². The Hall–Kier alpha value is -4.50. The van der Waals surface area contributed by atoms with Crippen LogP contribution in [0.5, 0.6) is 11.5 Å². The van der Waals surface area contributed by atoms with Gasteiger partial charge in [-0.2, -0.15) is 0 Å². The Kier molecular flexibility index (Phi) is 5.71. The average Bonchev–Trinajstić information content (AvgIpc) is 3.65. The second-order valence-electron chi connectivity index (χ2n) is 9.99. The normalized spacial score (nSPS) is 24.2. The van der Waals surface area contributed by atoms with Crippen molar-refractivity contribution in [3.63, 3.8) is 0 Å². The van der Waals surface area contributed by atoms with Crippen LogP contribution in [0.25, 0.3) is 0 Å². The van der Waals surface area contributed by atoms with E-state index in [0.29, 0.717) is 33.9 Å². The highest BCUT2D eigenvalue weighted by molar-refractivity contribution is 9.10. The summed E-state index contributed by atoms with van der Waals surface area (Å²) in [6.07, 6.45) is 5.04. The van der Waals surface area contributed by atoms with Crippen molar-refractivity contribution >= 4 is 45.0 Å². The Bertz CT molecular complexity index is 1650. The van der Waals surface area contributed by atoms with Crippen LogP contribution >= 0.6 is 15.9 Å². The molecule has 0 spiro atoms. The number of Topliss-reactive ketones (excluding diaryl/α,β-unsaturated/α-hetero) is 2. The molecule has 2 saturated heterocycles. The van der Waals surface area contributed by atoms with Crippen molar-refractivity contribution in [1.29, 1.82) is 0 Å². The molecule has 4 heterocycles. The summed E-state index contributed by atoms with van der Waals surface area (Å²) in [6, 6.07) is 19.1. The number of anilines is 1. The predicted octanol–water partition coefficient (Wildman–Crippen LogP) is 4.56. The molecule has 198 valence electrons. The maximum atomic E-state index is 14.0. The fourth-order valence-electron chi connectivity index (χ4n) is 6.02. The Morgan fingerprint density at radius 2 is 1.55 bits per heavy atom. The summed E-state index contributed by atoms with van der Waals surface area (Å²) < 4.78 is 11.7. The first kappa shape index (κ1) is 24.5. The number of ether oxygens (including phenoxy) is 2. The van der Waals surface area contributed by atoms with Gasteiger partial charge in [0.05, 0.1) is 23.6 Å². The van der Waals surface area contributed by atoms with Gasteiger partial charge in [0.2, 0.25) is 18.6 Å². The highest BCUT2D eigenvalue weighted by Crippen LogP contribution is 2.48. The van der Waals surface area contributed by atoms with Crippen LogP contribution in [0.4, 0.5) is 5.69 Å². The van der Waals surface area contributed by atoms with Crippen LogP contribution < -0.4 is 14.4 Å². The first-order valence-electron chi connectivity index (χ1n) is 12.8. The molecule has 40 heavy (non-hydrogen) atoms. The Morgan fingerprint density at radius 1 is 0.825 bits per heavy atom. The summed E-state index contributed by atoms with van der Waals surface area (Å²) in [5.41, 5.74) is 1.70. The molecule has 9 heteroatoms. The lowest BCUT2D eigenvalue weighted by atomic mass is 9.85. The van der Waals surface area contributed by atoms with Crippen LogP contribution in [0, 0.1) is 11.8 Å². The van der Waals surface area contributed by atoms with Gasteiger partial charge in [-0.25, -0.2) is 4.90 Å². The molecule has 0 bridgehead atoms. The summed E-state index contributed by atoms with van der Waals surface area (Å²) in [4.78, 5) is 58.1. The maximum Gasteiger partial charge on any atom is 0.240 e. The van der Waals surface area contributed by atoms with Crippen LogP contribution in [0.15, 0.2) is 101 Å². The maximum absolute atomic E-state index is 14.0. The number of benzene rings is 3. The van der Waals surface area contributed by atoms with Crippen LogP contribution in [-0.2, 0) is 9.59 Å². The second kappa shape index (κ2) is 9.31. The average molecular weight is 597 g/mol. The van der Waals surface area contributed by atoms with Crippen LogP contribution in [0.1, 0.15) is 20.7 Å². The minimum absolute atomic E-state index is 0.0576. The summed E-state index contributed by atoms with van der Waals surface area (Å²) in [6.45, 7) is 0.0576. The zero-order valence-corrected chi connectivity index (χ0v) is 22.5. The fourth-order valence-corrected chi connectivity index (χ4v) is 6.28. The highest BCUT2D eigenvalue weighted by Gasteiger charge is 2.63. The molecule has 0 radical (unpaired) electrons. The SMILES string of the molecule is O=C(C1=C[C@@H]2[C@@H]3C(=O)N(c4ccc5c(c4)OCO5)C(=O)[C@H]3[C@H](C(=O)c3ccc(Br)cc3)N2C=C1)c1ccccc1. The molecule has 0 aromatic heterocycles. The smallest absolute Gasteiger partial charge is 0.240 e. The van der Waals surface area contributed by atoms with Crippen molar-refractivity contribution in [2.45, 2.75) is 12.1 Å². The molecule has 2 amide bonds. The van der Waals surface area contributed by atoms with E-state index in [1.807, 2.05) is 6.07 Å². The van der Waals surface area contributed by atoms with Gasteiger partial charge in [0, 0.05) is 33.4 Å². The monoisotopic (exact) mass is 596 g/mol. The van der Waals surface area contributed by atoms with E-state index in [9.17, 15) is 19.2 Å². The van der Waals surface area contributed by atoms with Crippen molar-refractivity contribution < 1.29 is 28.7 Å². The Morgan fingerprint density at radius 3 is 2.33 bits per heavy atom. The number of hydrogen-bond acceptors (Lipinski definition) is 7. The van der Waals surface area contributed by atoms with Crippen molar-refractivity contribution in [1.82, 2.24) is 4.90 Å². The number of rotatable bonds is 5. The number of fused-ring (bicyclic) bond motifs is 4. The molecule has 7 rings (SSSR count). The van der Waals surface area contributed by atoms with Crippen LogP contribution in [0.3, 0.4) is 0 Å². The fraction of sp³-hybridized carbons (Fsp3) is 0.161. The number of nitrogens with zero attached hydrogens (tertiary/aromatic N) is 2. The molecule has 2 fully saturated rings. The van der Waals surface area contributed by atoms with E-state index in [2.05, 4.69) is 15.9 Å². The lowest BCUT2D eigenvalue weighted by Crippen LogP contribution is -2.46. The second-order valence-corrected chi connectivity index (χ2v) is 10.9. The van der Waals surface area contributed by atoms with Gasteiger partial charge < -0.3 is 14.4 Å². The minimum atomic E-state index is -0.939. The molecule has 0 unspecified atom stereocenters. The van der Waals surface area contributed by atoms with Gasteiger partial charge in [-0.15, -0.1) is 0 Å². The third-order valence-corrected chi connectivity index (χ3v) is 8.39.